The summed E-state index contributed by atoms with van der Waals surface area (Å²) in [6.07, 6.45) is 4.19. The molecule has 1 aromatic rings. The van der Waals surface area contributed by atoms with E-state index in [9.17, 15) is 0 Å². The number of anilines is 1. The summed E-state index contributed by atoms with van der Waals surface area (Å²) < 4.78 is 5.26. The normalized spacial score (nSPS) is 15.7. The smallest absolute Gasteiger partial charge is 0.119 e. The fourth-order valence-corrected chi connectivity index (χ4v) is 2.43. The van der Waals surface area contributed by atoms with Crippen LogP contribution in [0.4, 0.5) is 5.69 Å². The number of methoxy groups -OCH3 is 1. The summed E-state index contributed by atoms with van der Waals surface area (Å²) >= 11 is 0. The summed E-state index contributed by atoms with van der Waals surface area (Å²) in [7, 11) is 1.70. The van der Waals surface area contributed by atoms with Crippen LogP contribution in [0.2, 0.25) is 0 Å². The van der Waals surface area contributed by atoms with Gasteiger partial charge in [0.25, 0.3) is 0 Å². The fourth-order valence-electron chi connectivity index (χ4n) is 2.43. The molecule has 0 amide bonds. The Morgan fingerprint density at radius 1 is 1.39 bits per heavy atom. The van der Waals surface area contributed by atoms with E-state index in [0.717, 1.165) is 30.4 Å². The first-order valence-electron chi connectivity index (χ1n) is 6.87. The van der Waals surface area contributed by atoms with Crippen LogP contribution in [0, 0.1) is 5.92 Å². The second kappa shape index (κ2) is 6.10. The van der Waals surface area contributed by atoms with Crippen LogP contribution >= 0.6 is 0 Å². The number of nitrogens with two attached hydrogens (primary N) is 1. The van der Waals surface area contributed by atoms with Crippen molar-refractivity contribution in [3.8, 4) is 5.75 Å². The van der Waals surface area contributed by atoms with Gasteiger partial charge >= 0.3 is 0 Å². The molecule has 0 bridgehead atoms. The molecule has 0 saturated heterocycles. The Hall–Kier alpha value is -1.22. The van der Waals surface area contributed by atoms with Gasteiger partial charge in [-0.25, -0.2) is 0 Å². The molecule has 1 saturated carbocycles. The fraction of sp³-hybridized carbons (Fsp3) is 0.600. The second-order valence-corrected chi connectivity index (χ2v) is 5.19. The summed E-state index contributed by atoms with van der Waals surface area (Å²) in [5.74, 6) is 1.79. The molecule has 2 rings (SSSR count). The maximum atomic E-state index is 6.04. The predicted molar refractivity (Wildman–Crippen MR) is 75.7 cm³/mol. The molecule has 0 atom stereocenters. The van der Waals surface area contributed by atoms with Crippen molar-refractivity contribution in [3.05, 3.63) is 23.8 Å². The number of nitrogens with zero attached hydrogens (tertiary/aromatic N) is 1. The molecular formula is C15H24N2O. The number of hydrogen-bond donors (Lipinski definition) is 1. The first-order chi connectivity index (χ1) is 8.72. The average Bonchev–Trinajstić information content (AvgIpc) is 2.34. The molecule has 0 unspecified atom stereocenters. The van der Waals surface area contributed by atoms with Crippen LogP contribution in [-0.4, -0.2) is 25.1 Å². The van der Waals surface area contributed by atoms with Crippen LogP contribution in [0.3, 0.4) is 0 Å². The highest BCUT2D eigenvalue weighted by atomic mass is 16.5. The number of hydrogen-bond acceptors (Lipinski definition) is 3. The van der Waals surface area contributed by atoms with E-state index in [2.05, 4.69) is 17.9 Å². The quantitative estimate of drug-likeness (QED) is 0.787. The Morgan fingerprint density at radius 3 is 2.72 bits per heavy atom. The summed E-state index contributed by atoms with van der Waals surface area (Å²) in [4.78, 5) is 2.48. The Morgan fingerprint density at radius 2 is 2.17 bits per heavy atom. The van der Waals surface area contributed by atoms with Crippen LogP contribution in [0.15, 0.2) is 18.2 Å². The molecule has 1 aromatic carbocycles. The van der Waals surface area contributed by atoms with Gasteiger partial charge in [-0.05, 0) is 49.1 Å². The van der Waals surface area contributed by atoms with E-state index >= 15 is 0 Å². The predicted octanol–water partition coefficient (Wildman–Crippen LogP) is 2.90. The van der Waals surface area contributed by atoms with Gasteiger partial charge in [0.2, 0.25) is 0 Å². The Balaban J connectivity index is 2.00. The zero-order chi connectivity index (χ0) is 13.0. The van der Waals surface area contributed by atoms with Gasteiger partial charge in [-0.15, -0.1) is 0 Å². The van der Waals surface area contributed by atoms with E-state index < -0.39 is 0 Å². The molecule has 0 radical (unpaired) electrons. The molecule has 0 aromatic heterocycles. The second-order valence-electron chi connectivity index (χ2n) is 5.19. The standard InChI is InChI=1S/C15H24N2O/c1-3-17(10-12-5-4-6-12)11-13-9-14(18-2)7-8-15(13)16/h7-9,12H,3-6,10-11,16H2,1-2H3. The van der Waals surface area contributed by atoms with Crippen LogP contribution < -0.4 is 10.5 Å². The largest absolute Gasteiger partial charge is 0.497 e. The van der Waals surface area contributed by atoms with Gasteiger partial charge in [-0.3, -0.25) is 4.90 Å². The Labute approximate surface area is 110 Å². The minimum Gasteiger partial charge on any atom is -0.497 e. The van der Waals surface area contributed by atoms with Gasteiger partial charge < -0.3 is 10.5 Å². The maximum Gasteiger partial charge on any atom is 0.119 e. The molecule has 1 aliphatic rings. The number of ether oxygens (including phenoxy) is 1. The lowest BCUT2D eigenvalue weighted by Gasteiger charge is -2.32. The Kier molecular flexibility index (Phi) is 4.48. The molecule has 3 heteroatoms. The monoisotopic (exact) mass is 248 g/mol. The van der Waals surface area contributed by atoms with Crippen molar-refractivity contribution in [2.45, 2.75) is 32.7 Å². The van der Waals surface area contributed by atoms with Crippen molar-refractivity contribution in [1.29, 1.82) is 0 Å². The van der Waals surface area contributed by atoms with Gasteiger partial charge in [0.1, 0.15) is 5.75 Å². The first-order valence-corrected chi connectivity index (χ1v) is 6.87. The minimum atomic E-state index is 0.864. The van der Waals surface area contributed by atoms with Gasteiger partial charge in [0, 0.05) is 18.8 Å². The van der Waals surface area contributed by atoms with Crippen molar-refractivity contribution in [1.82, 2.24) is 4.90 Å². The molecule has 100 valence electrons. The molecule has 0 spiro atoms. The highest BCUT2D eigenvalue weighted by Gasteiger charge is 2.20. The van der Waals surface area contributed by atoms with Crippen LogP contribution in [0.1, 0.15) is 31.7 Å². The molecule has 2 N–H and O–H groups in total. The van der Waals surface area contributed by atoms with Gasteiger partial charge in [0.05, 0.1) is 7.11 Å². The SMILES string of the molecule is CCN(Cc1cc(OC)ccc1N)CC1CCC1. The number of benzene rings is 1. The molecule has 0 heterocycles. The third kappa shape index (κ3) is 3.16. The van der Waals surface area contributed by atoms with Crippen molar-refractivity contribution >= 4 is 5.69 Å². The molecule has 1 aliphatic carbocycles. The maximum absolute atomic E-state index is 6.04. The minimum absolute atomic E-state index is 0.864. The first kappa shape index (κ1) is 13.2. The molecule has 0 aliphatic heterocycles. The van der Waals surface area contributed by atoms with E-state index in [0.29, 0.717) is 0 Å². The van der Waals surface area contributed by atoms with Crippen molar-refractivity contribution in [2.24, 2.45) is 5.92 Å². The lowest BCUT2D eigenvalue weighted by Crippen LogP contribution is -2.32. The van der Waals surface area contributed by atoms with E-state index in [4.69, 9.17) is 10.5 Å². The summed E-state index contributed by atoms with van der Waals surface area (Å²) in [6.45, 7) is 5.42. The van der Waals surface area contributed by atoms with Crippen molar-refractivity contribution < 1.29 is 4.74 Å². The summed E-state index contributed by atoms with van der Waals surface area (Å²) in [5, 5.41) is 0. The van der Waals surface area contributed by atoms with Crippen LogP contribution in [-0.2, 0) is 6.54 Å². The highest BCUT2D eigenvalue weighted by Crippen LogP contribution is 2.28. The van der Waals surface area contributed by atoms with E-state index in [1.165, 1.54) is 31.4 Å². The third-order valence-electron chi connectivity index (χ3n) is 3.93. The third-order valence-corrected chi connectivity index (χ3v) is 3.93. The van der Waals surface area contributed by atoms with Crippen LogP contribution in [0.5, 0.6) is 5.75 Å². The average molecular weight is 248 g/mol. The number of rotatable bonds is 6. The molecular weight excluding hydrogens is 224 g/mol. The summed E-state index contributed by atoms with van der Waals surface area (Å²) in [6, 6.07) is 5.91. The lowest BCUT2D eigenvalue weighted by molar-refractivity contribution is 0.178. The lowest BCUT2D eigenvalue weighted by atomic mass is 9.85. The van der Waals surface area contributed by atoms with Crippen molar-refractivity contribution in [2.75, 3.05) is 25.9 Å². The topological polar surface area (TPSA) is 38.5 Å². The zero-order valence-electron chi connectivity index (χ0n) is 11.5. The molecule has 18 heavy (non-hydrogen) atoms. The molecule has 3 nitrogen and oxygen atoms in total. The van der Waals surface area contributed by atoms with Crippen LogP contribution in [0.25, 0.3) is 0 Å². The highest BCUT2D eigenvalue weighted by molar-refractivity contribution is 5.50. The van der Waals surface area contributed by atoms with E-state index in [1.54, 1.807) is 7.11 Å². The van der Waals surface area contributed by atoms with Gasteiger partial charge in [0.15, 0.2) is 0 Å². The Bertz CT molecular complexity index is 388. The van der Waals surface area contributed by atoms with E-state index in [-0.39, 0.29) is 0 Å². The van der Waals surface area contributed by atoms with Crippen molar-refractivity contribution in [3.63, 3.8) is 0 Å². The van der Waals surface area contributed by atoms with Gasteiger partial charge in [-0.1, -0.05) is 13.3 Å². The van der Waals surface area contributed by atoms with Gasteiger partial charge in [-0.2, -0.15) is 0 Å². The molecule has 1 fully saturated rings. The zero-order valence-corrected chi connectivity index (χ0v) is 11.5. The number of nitrogen functional groups attached to an aromatic ring is 1. The van der Waals surface area contributed by atoms with E-state index in [1.807, 2.05) is 12.1 Å². The summed E-state index contributed by atoms with van der Waals surface area (Å²) in [5.41, 5.74) is 8.08.